The van der Waals surface area contributed by atoms with Crippen molar-refractivity contribution in [1.29, 1.82) is 0 Å². The molecule has 0 aromatic carbocycles. The van der Waals surface area contributed by atoms with Crippen molar-refractivity contribution < 1.29 is 4.79 Å². The van der Waals surface area contributed by atoms with Gasteiger partial charge in [-0.15, -0.1) is 17.9 Å². The van der Waals surface area contributed by atoms with Gasteiger partial charge in [0.05, 0.1) is 29.6 Å². The minimum atomic E-state index is 0.0846. The van der Waals surface area contributed by atoms with Gasteiger partial charge in [0.1, 0.15) is 9.71 Å². The predicted molar refractivity (Wildman–Crippen MR) is 125 cm³/mol. The lowest BCUT2D eigenvalue weighted by Gasteiger charge is -2.17. The van der Waals surface area contributed by atoms with Crippen molar-refractivity contribution in [3.05, 3.63) is 41.6 Å². The van der Waals surface area contributed by atoms with Crippen LogP contribution in [0.4, 0.5) is 11.4 Å². The lowest BCUT2D eigenvalue weighted by molar-refractivity contribution is 0.0979. The van der Waals surface area contributed by atoms with Crippen LogP contribution >= 0.6 is 11.3 Å². The zero-order valence-electron chi connectivity index (χ0n) is 18.0. The molecule has 2 aromatic heterocycles. The number of pyridine rings is 1. The summed E-state index contributed by atoms with van der Waals surface area (Å²) < 4.78 is 0. The average molecular weight is 411 g/mol. The molecule has 1 unspecified atom stereocenters. The number of carbonyl (C=O) groups is 1. The maximum absolute atomic E-state index is 12.6. The summed E-state index contributed by atoms with van der Waals surface area (Å²) in [6, 6.07) is 1.95. The molecule has 5 nitrogen and oxygen atoms in total. The Labute approximate surface area is 177 Å². The highest BCUT2D eigenvalue weighted by molar-refractivity contribution is 7.21. The Kier molecular flexibility index (Phi) is 6.52. The number of nitrogens with zero attached hydrogens (tertiary/aromatic N) is 4. The van der Waals surface area contributed by atoms with Crippen LogP contribution in [-0.2, 0) is 0 Å². The molecule has 0 N–H and O–H groups in total. The molecule has 1 aliphatic heterocycles. The van der Waals surface area contributed by atoms with E-state index in [2.05, 4.69) is 29.6 Å². The number of hydrogen-bond acceptors (Lipinski definition) is 6. The minimum Gasteiger partial charge on any atom is -0.377 e. The first-order valence-corrected chi connectivity index (χ1v) is 10.9. The summed E-state index contributed by atoms with van der Waals surface area (Å²) in [6.45, 7) is 10.2. The third kappa shape index (κ3) is 4.58. The van der Waals surface area contributed by atoms with E-state index in [0.717, 1.165) is 39.1 Å². The smallest absolute Gasteiger partial charge is 0.194 e. The Hall–Kier alpha value is -2.47. The lowest BCUT2D eigenvalue weighted by atomic mass is 10.1. The molecule has 0 radical (unpaired) electrons. The van der Waals surface area contributed by atoms with E-state index in [1.807, 2.05) is 49.9 Å². The number of carbonyl (C=O) groups excluding carboxylic acids is 1. The number of anilines is 1. The van der Waals surface area contributed by atoms with Gasteiger partial charge in [-0.3, -0.25) is 4.79 Å². The third-order valence-electron chi connectivity index (χ3n) is 5.53. The number of rotatable bonds is 4. The van der Waals surface area contributed by atoms with Gasteiger partial charge in [-0.1, -0.05) is 19.1 Å². The molecule has 6 heteroatoms. The van der Waals surface area contributed by atoms with Gasteiger partial charge in [0, 0.05) is 26.0 Å². The number of ketones is 1. The Balaban J connectivity index is 0.000000290. The van der Waals surface area contributed by atoms with E-state index in [1.165, 1.54) is 24.2 Å². The molecule has 1 aliphatic carbocycles. The molecule has 0 bridgehead atoms. The second-order valence-corrected chi connectivity index (χ2v) is 8.84. The topological polar surface area (TPSA) is 48.8 Å². The van der Waals surface area contributed by atoms with Crippen molar-refractivity contribution in [3.63, 3.8) is 0 Å². The Morgan fingerprint density at radius 3 is 2.69 bits per heavy atom. The van der Waals surface area contributed by atoms with Crippen LogP contribution in [0.2, 0.25) is 0 Å². The number of allylic oxidation sites excluding steroid dienone is 3. The summed E-state index contributed by atoms with van der Waals surface area (Å²) in [5.74, 6) is 1.86. The van der Waals surface area contributed by atoms with Crippen molar-refractivity contribution in [2.24, 2.45) is 16.8 Å². The first kappa shape index (κ1) is 21.2. The van der Waals surface area contributed by atoms with Crippen LogP contribution < -0.4 is 4.90 Å². The number of thiophene rings is 1. The molecule has 0 amide bonds. The summed E-state index contributed by atoms with van der Waals surface area (Å²) >= 11 is 1.43. The summed E-state index contributed by atoms with van der Waals surface area (Å²) in [7, 11) is 3.97. The summed E-state index contributed by atoms with van der Waals surface area (Å²) in [5, 5.41) is 0.956. The van der Waals surface area contributed by atoms with Gasteiger partial charge in [-0.05, 0) is 44.6 Å². The maximum Gasteiger partial charge on any atom is 0.194 e. The number of aromatic nitrogens is 1. The highest BCUT2D eigenvalue weighted by atomic mass is 32.1. The van der Waals surface area contributed by atoms with Crippen molar-refractivity contribution in [2.45, 2.75) is 33.6 Å². The third-order valence-corrected chi connectivity index (χ3v) is 6.66. The van der Waals surface area contributed by atoms with Gasteiger partial charge in [-0.2, -0.15) is 0 Å². The minimum absolute atomic E-state index is 0.0846. The molecular formula is C23H30N4OS. The molecule has 2 aromatic rings. The second kappa shape index (κ2) is 8.91. The summed E-state index contributed by atoms with van der Waals surface area (Å²) in [5.41, 5.74) is 2.79. The highest BCUT2D eigenvalue weighted by Crippen LogP contribution is 2.42. The standard InChI is InChI=1S/C16H18N4OS.C7H12/c1-5-10(2)20-8-12(21)15-14(18-9-20)13-11(19(3)4)6-7-17-16(13)22-15;1-3-6(2)7-4-5-7/h5-7,9H,8H2,1-4H3;3,6-7H,1,4-5H2,2H3/b10-5+;. The number of fused-ring (bicyclic) bond motifs is 3. The number of Topliss-reactive ketones (excluding diaryl/α,β-unsaturated/α-hetero) is 1. The van der Waals surface area contributed by atoms with Crippen LogP contribution in [0.25, 0.3) is 10.2 Å². The molecule has 3 heterocycles. The van der Waals surface area contributed by atoms with Crippen molar-refractivity contribution in [2.75, 3.05) is 25.5 Å². The predicted octanol–water partition coefficient (Wildman–Crippen LogP) is 5.66. The van der Waals surface area contributed by atoms with Crippen LogP contribution in [0.5, 0.6) is 0 Å². The van der Waals surface area contributed by atoms with Gasteiger partial charge in [0.25, 0.3) is 0 Å². The zero-order valence-corrected chi connectivity index (χ0v) is 18.8. The first-order chi connectivity index (χ1) is 13.9. The quantitative estimate of drug-likeness (QED) is 0.610. The van der Waals surface area contributed by atoms with Crippen LogP contribution in [-0.4, -0.2) is 42.6 Å². The van der Waals surface area contributed by atoms with Gasteiger partial charge >= 0.3 is 0 Å². The molecule has 2 aliphatic rings. The SMILES string of the molecule is C/C=C(\C)N1C=Nc2c(sc3nccc(N(C)C)c23)C(=O)C1.C=CC(C)C1CC1. The lowest BCUT2D eigenvalue weighted by Crippen LogP contribution is -2.25. The number of hydrogen-bond donors (Lipinski definition) is 0. The molecule has 0 spiro atoms. The molecule has 0 saturated heterocycles. The zero-order chi connectivity index (χ0) is 21.1. The Morgan fingerprint density at radius 1 is 1.41 bits per heavy atom. The Bertz CT molecular complexity index is 969. The van der Waals surface area contributed by atoms with Crippen molar-refractivity contribution >= 4 is 45.0 Å². The fourth-order valence-electron chi connectivity index (χ4n) is 3.27. The molecular weight excluding hydrogens is 380 g/mol. The largest absolute Gasteiger partial charge is 0.377 e. The van der Waals surface area contributed by atoms with E-state index in [9.17, 15) is 4.79 Å². The van der Waals surface area contributed by atoms with Crippen molar-refractivity contribution in [1.82, 2.24) is 9.88 Å². The molecule has 4 rings (SSSR count). The van der Waals surface area contributed by atoms with E-state index in [4.69, 9.17) is 0 Å². The second-order valence-electron chi connectivity index (χ2n) is 7.84. The van der Waals surface area contributed by atoms with E-state index < -0.39 is 0 Å². The fourth-order valence-corrected chi connectivity index (χ4v) is 4.31. The summed E-state index contributed by atoms with van der Waals surface area (Å²) in [4.78, 5) is 27.1. The van der Waals surface area contributed by atoms with Crippen LogP contribution in [0.15, 0.2) is 41.7 Å². The van der Waals surface area contributed by atoms with Gasteiger partial charge in [-0.25, -0.2) is 9.98 Å². The highest BCUT2D eigenvalue weighted by Gasteiger charge is 2.26. The van der Waals surface area contributed by atoms with Crippen LogP contribution in [0.1, 0.15) is 43.3 Å². The molecule has 154 valence electrons. The van der Waals surface area contributed by atoms with Gasteiger partial charge in [0.2, 0.25) is 0 Å². The normalized spacial score (nSPS) is 17.3. The van der Waals surface area contributed by atoms with E-state index in [-0.39, 0.29) is 5.78 Å². The van der Waals surface area contributed by atoms with Crippen LogP contribution in [0, 0.1) is 11.8 Å². The maximum atomic E-state index is 12.6. The van der Waals surface area contributed by atoms with Crippen molar-refractivity contribution in [3.8, 4) is 0 Å². The molecule has 1 atom stereocenters. The fraction of sp³-hybridized carbons (Fsp3) is 0.435. The first-order valence-electron chi connectivity index (χ1n) is 10.1. The van der Waals surface area contributed by atoms with E-state index >= 15 is 0 Å². The molecule has 29 heavy (non-hydrogen) atoms. The van der Waals surface area contributed by atoms with Gasteiger partial charge in [0.15, 0.2) is 5.78 Å². The number of aliphatic imine (C=N–C) groups is 1. The van der Waals surface area contributed by atoms with E-state index in [1.54, 1.807) is 12.5 Å². The summed E-state index contributed by atoms with van der Waals surface area (Å²) in [6.07, 6.45) is 10.4. The monoisotopic (exact) mass is 410 g/mol. The Morgan fingerprint density at radius 2 is 2.14 bits per heavy atom. The molecule has 1 fully saturated rings. The molecule has 1 saturated carbocycles. The van der Waals surface area contributed by atoms with Crippen LogP contribution in [0.3, 0.4) is 0 Å². The van der Waals surface area contributed by atoms with E-state index in [0.29, 0.717) is 11.4 Å². The van der Waals surface area contributed by atoms with Gasteiger partial charge < -0.3 is 9.80 Å². The average Bonchev–Trinajstić information content (AvgIpc) is 3.52.